The maximum Gasteiger partial charge on any atom is 0.260 e. The molecule has 0 unspecified atom stereocenters. The Morgan fingerprint density at radius 2 is 1.70 bits per heavy atom. The first-order valence-corrected chi connectivity index (χ1v) is 8.67. The van der Waals surface area contributed by atoms with Crippen LogP contribution in [-0.4, -0.2) is 61.5 Å². The van der Waals surface area contributed by atoms with Crippen molar-refractivity contribution in [2.45, 2.75) is 0 Å². The quantitative estimate of drug-likeness (QED) is 0.807. The van der Waals surface area contributed by atoms with Crippen LogP contribution in [0.5, 0.6) is 11.5 Å². The molecule has 142 valence electrons. The van der Waals surface area contributed by atoms with Crippen molar-refractivity contribution < 1.29 is 23.5 Å². The molecule has 1 heterocycles. The summed E-state index contributed by atoms with van der Waals surface area (Å²) < 4.78 is 23.9. The van der Waals surface area contributed by atoms with Crippen molar-refractivity contribution >= 4 is 11.8 Å². The standard InChI is InChI=1S/C20H21FN2O4/c1-26-16-6-4-5-15(13-16)20(25)23-11-9-22(10-12-23)19(24)14-27-18-8-3-2-7-17(18)21/h2-8,13H,9-12,14H2,1H3. The lowest BCUT2D eigenvalue weighted by Gasteiger charge is -2.34. The lowest BCUT2D eigenvalue weighted by molar-refractivity contribution is -0.134. The van der Waals surface area contributed by atoms with E-state index < -0.39 is 5.82 Å². The van der Waals surface area contributed by atoms with Crippen LogP contribution in [-0.2, 0) is 4.79 Å². The Hall–Kier alpha value is -3.09. The molecule has 0 aromatic heterocycles. The number of benzene rings is 2. The van der Waals surface area contributed by atoms with Gasteiger partial charge in [0.25, 0.3) is 11.8 Å². The second kappa shape index (κ2) is 8.53. The SMILES string of the molecule is COc1cccc(C(=O)N2CCN(C(=O)COc3ccccc3F)CC2)c1. The van der Waals surface area contributed by atoms with Gasteiger partial charge in [-0.2, -0.15) is 0 Å². The first-order valence-electron chi connectivity index (χ1n) is 8.67. The van der Waals surface area contributed by atoms with Crippen LogP contribution in [0.1, 0.15) is 10.4 Å². The predicted octanol–water partition coefficient (Wildman–Crippen LogP) is 2.20. The molecule has 1 fully saturated rings. The third-order valence-corrected chi connectivity index (χ3v) is 4.42. The van der Waals surface area contributed by atoms with Gasteiger partial charge in [0, 0.05) is 31.7 Å². The molecular formula is C20H21FN2O4. The highest BCUT2D eigenvalue weighted by Gasteiger charge is 2.25. The van der Waals surface area contributed by atoms with E-state index in [1.54, 1.807) is 53.3 Å². The number of carbonyl (C=O) groups is 2. The Labute approximate surface area is 157 Å². The number of rotatable bonds is 5. The Balaban J connectivity index is 1.51. The molecular weight excluding hydrogens is 351 g/mol. The first kappa shape index (κ1) is 18.7. The molecule has 0 spiro atoms. The topological polar surface area (TPSA) is 59.1 Å². The maximum absolute atomic E-state index is 13.5. The van der Waals surface area contributed by atoms with Crippen molar-refractivity contribution in [1.29, 1.82) is 0 Å². The highest BCUT2D eigenvalue weighted by Crippen LogP contribution is 2.17. The number of para-hydroxylation sites is 1. The minimum Gasteiger partial charge on any atom is -0.497 e. The Bertz CT molecular complexity index is 819. The summed E-state index contributed by atoms with van der Waals surface area (Å²) in [5, 5.41) is 0. The molecule has 0 atom stereocenters. The van der Waals surface area contributed by atoms with Crippen LogP contribution in [0.3, 0.4) is 0 Å². The van der Waals surface area contributed by atoms with E-state index in [4.69, 9.17) is 9.47 Å². The number of nitrogens with zero attached hydrogens (tertiary/aromatic N) is 2. The number of carbonyl (C=O) groups excluding carboxylic acids is 2. The zero-order valence-corrected chi connectivity index (χ0v) is 15.1. The summed E-state index contributed by atoms with van der Waals surface area (Å²) in [6.07, 6.45) is 0. The first-order chi connectivity index (χ1) is 13.1. The maximum atomic E-state index is 13.5. The summed E-state index contributed by atoms with van der Waals surface area (Å²) in [7, 11) is 1.55. The Kier molecular flexibility index (Phi) is 5.90. The molecule has 0 saturated carbocycles. The molecule has 2 aromatic rings. The Morgan fingerprint density at radius 1 is 1.00 bits per heavy atom. The number of piperazine rings is 1. The van der Waals surface area contributed by atoms with E-state index in [1.807, 2.05) is 0 Å². The van der Waals surface area contributed by atoms with Gasteiger partial charge in [0.1, 0.15) is 5.75 Å². The summed E-state index contributed by atoms with van der Waals surface area (Å²) in [6, 6.07) is 13.0. The van der Waals surface area contributed by atoms with Gasteiger partial charge in [-0.25, -0.2) is 4.39 Å². The zero-order valence-electron chi connectivity index (χ0n) is 15.1. The van der Waals surface area contributed by atoms with Crippen LogP contribution in [0.2, 0.25) is 0 Å². The number of halogens is 1. The van der Waals surface area contributed by atoms with Crippen molar-refractivity contribution in [3.63, 3.8) is 0 Å². The minimum absolute atomic E-state index is 0.0534. The number of amides is 2. The molecule has 1 saturated heterocycles. The third-order valence-electron chi connectivity index (χ3n) is 4.42. The number of hydrogen-bond donors (Lipinski definition) is 0. The second-order valence-electron chi connectivity index (χ2n) is 6.12. The van der Waals surface area contributed by atoms with Crippen molar-refractivity contribution in [2.24, 2.45) is 0 Å². The molecule has 1 aliphatic heterocycles. The number of ether oxygens (including phenoxy) is 2. The highest BCUT2D eigenvalue weighted by atomic mass is 19.1. The summed E-state index contributed by atoms with van der Waals surface area (Å²) in [5.74, 6) is -0.146. The third kappa shape index (κ3) is 4.55. The average molecular weight is 372 g/mol. The van der Waals surface area contributed by atoms with Crippen LogP contribution in [0.15, 0.2) is 48.5 Å². The lowest BCUT2D eigenvalue weighted by atomic mass is 10.1. The number of hydrogen-bond acceptors (Lipinski definition) is 4. The second-order valence-corrected chi connectivity index (χ2v) is 6.12. The molecule has 6 nitrogen and oxygen atoms in total. The van der Waals surface area contributed by atoms with E-state index in [-0.39, 0.29) is 24.2 Å². The van der Waals surface area contributed by atoms with Gasteiger partial charge in [-0.05, 0) is 30.3 Å². The van der Waals surface area contributed by atoms with Gasteiger partial charge < -0.3 is 19.3 Å². The number of methoxy groups -OCH3 is 1. The van der Waals surface area contributed by atoms with Gasteiger partial charge in [-0.1, -0.05) is 18.2 Å². The highest BCUT2D eigenvalue weighted by molar-refractivity contribution is 5.94. The van der Waals surface area contributed by atoms with Gasteiger partial charge in [0.2, 0.25) is 0 Å². The van der Waals surface area contributed by atoms with Gasteiger partial charge in [0.15, 0.2) is 18.2 Å². The van der Waals surface area contributed by atoms with Crippen molar-refractivity contribution in [3.05, 3.63) is 59.9 Å². The van der Waals surface area contributed by atoms with Gasteiger partial charge in [0.05, 0.1) is 7.11 Å². The summed E-state index contributed by atoms with van der Waals surface area (Å²) in [5.41, 5.74) is 0.553. The molecule has 3 rings (SSSR count). The summed E-state index contributed by atoms with van der Waals surface area (Å²) >= 11 is 0. The molecule has 1 aliphatic rings. The molecule has 0 N–H and O–H groups in total. The molecule has 7 heteroatoms. The smallest absolute Gasteiger partial charge is 0.260 e. The molecule has 2 aromatic carbocycles. The van der Waals surface area contributed by atoms with Crippen molar-refractivity contribution in [1.82, 2.24) is 9.80 Å². The zero-order chi connectivity index (χ0) is 19.2. The fourth-order valence-electron chi connectivity index (χ4n) is 2.89. The fourth-order valence-corrected chi connectivity index (χ4v) is 2.89. The minimum atomic E-state index is -0.501. The van der Waals surface area contributed by atoms with Crippen LogP contribution in [0.4, 0.5) is 4.39 Å². The predicted molar refractivity (Wildman–Crippen MR) is 97.4 cm³/mol. The van der Waals surface area contributed by atoms with Gasteiger partial charge in [-0.15, -0.1) is 0 Å². The Morgan fingerprint density at radius 3 is 2.41 bits per heavy atom. The molecule has 2 amide bonds. The van der Waals surface area contributed by atoms with E-state index >= 15 is 0 Å². The van der Waals surface area contributed by atoms with Gasteiger partial charge >= 0.3 is 0 Å². The van der Waals surface area contributed by atoms with Crippen LogP contribution in [0.25, 0.3) is 0 Å². The van der Waals surface area contributed by atoms with Crippen LogP contribution < -0.4 is 9.47 Å². The molecule has 0 bridgehead atoms. The molecule has 0 aliphatic carbocycles. The monoisotopic (exact) mass is 372 g/mol. The summed E-state index contributed by atoms with van der Waals surface area (Å²) in [4.78, 5) is 28.2. The normalized spacial score (nSPS) is 14.0. The van der Waals surface area contributed by atoms with Gasteiger partial charge in [-0.3, -0.25) is 9.59 Å². The summed E-state index contributed by atoms with van der Waals surface area (Å²) in [6.45, 7) is 1.46. The van der Waals surface area contributed by atoms with E-state index in [0.717, 1.165) is 0 Å². The largest absolute Gasteiger partial charge is 0.497 e. The lowest BCUT2D eigenvalue weighted by Crippen LogP contribution is -2.51. The van der Waals surface area contributed by atoms with E-state index in [1.165, 1.54) is 12.1 Å². The average Bonchev–Trinajstić information content (AvgIpc) is 2.72. The van der Waals surface area contributed by atoms with E-state index in [0.29, 0.717) is 37.5 Å². The van der Waals surface area contributed by atoms with Crippen molar-refractivity contribution in [3.8, 4) is 11.5 Å². The molecule has 0 radical (unpaired) electrons. The molecule has 27 heavy (non-hydrogen) atoms. The van der Waals surface area contributed by atoms with E-state index in [9.17, 15) is 14.0 Å². The fraction of sp³-hybridized carbons (Fsp3) is 0.300. The van der Waals surface area contributed by atoms with E-state index in [2.05, 4.69) is 0 Å². The van der Waals surface area contributed by atoms with Crippen LogP contribution >= 0.6 is 0 Å². The van der Waals surface area contributed by atoms with Crippen molar-refractivity contribution in [2.75, 3.05) is 39.9 Å². The van der Waals surface area contributed by atoms with Crippen LogP contribution in [0, 0.1) is 5.82 Å².